The van der Waals surface area contributed by atoms with Crippen molar-refractivity contribution in [2.24, 2.45) is 0 Å². The number of nitrogens with one attached hydrogen (secondary N) is 1. The maximum absolute atomic E-state index is 13.1. The molecule has 3 aromatic carbocycles. The summed E-state index contributed by atoms with van der Waals surface area (Å²) in [7, 11) is 3.63. The van der Waals surface area contributed by atoms with E-state index in [1.54, 1.807) is 35.9 Å². The van der Waals surface area contributed by atoms with Gasteiger partial charge in [-0.25, -0.2) is 8.91 Å². The Morgan fingerprint density at radius 3 is 2.20 bits per heavy atom. The summed E-state index contributed by atoms with van der Waals surface area (Å²) in [4.78, 5) is 34.2. The number of pyridine rings is 1. The van der Waals surface area contributed by atoms with Crippen molar-refractivity contribution < 1.29 is 18.7 Å². The molecule has 9 nitrogen and oxygen atoms in total. The monoisotopic (exact) mass is 592 g/mol. The molecule has 5 aromatic rings. The fraction of sp³-hybridized carbons (Fsp3) is 0.235. The molecule has 0 unspecified atom stereocenters. The van der Waals surface area contributed by atoms with Gasteiger partial charge in [0.05, 0.1) is 12.8 Å². The summed E-state index contributed by atoms with van der Waals surface area (Å²) < 4.78 is 20.4. The van der Waals surface area contributed by atoms with Crippen LogP contribution in [0.1, 0.15) is 21.5 Å². The lowest BCUT2D eigenvalue weighted by atomic mass is 10.0. The molecule has 0 saturated carbocycles. The molecule has 3 heterocycles. The van der Waals surface area contributed by atoms with Crippen LogP contribution in [0.2, 0.25) is 0 Å². The number of methoxy groups -OCH3 is 1. The molecule has 1 fully saturated rings. The number of piperazine rings is 1. The smallest absolute Gasteiger partial charge is 0.254 e. The molecule has 1 aliphatic rings. The molecular weight excluding hydrogens is 559 g/mol. The largest absolute Gasteiger partial charge is 0.495 e. The van der Waals surface area contributed by atoms with E-state index in [9.17, 15) is 14.0 Å². The number of likely N-dealkylation sites (N-methyl/N-ethyl adjacent to an activating group) is 1. The van der Waals surface area contributed by atoms with E-state index in [2.05, 4.69) is 27.3 Å². The van der Waals surface area contributed by atoms with Crippen LogP contribution in [-0.2, 0) is 17.6 Å². The van der Waals surface area contributed by atoms with E-state index in [1.807, 2.05) is 53.6 Å². The summed E-state index contributed by atoms with van der Waals surface area (Å²) in [5, 5.41) is 7.82. The molecule has 0 spiro atoms. The molecule has 1 amide bonds. The van der Waals surface area contributed by atoms with E-state index in [0.717, 1.165) is 35.3 Å². The average Bonchev–Trinajstić information content (AvgIpc) is 3.44. The Labute approximate surface area is 254 Å². The van der Waals surface area contributed by atoms with Crippen LogP contribution >= 0.6 is 0 Å². The number of halogens is 1. The van der Waals surface area contributed by atoms with Crippen molar-refractivity contribution in [1.82, 2.24) is 24.4 Å². The van der Waals surface area contributed by atoms with E-state index in [4.69, 9.17) is 4.74 Å². The zero-order valence-electron chi connectivity index (χ0n) is 24.7. The first-order chi connectivity index (χ1) is 21.3. The maximum Gasteiger partial charge on any atom is 0.254 e. The second kappa shape index (κ2) is 12.6. The summed E-state index contributed by atoms with van der Waals surface area (Å²) in [6, 6.07) is 23.1. The zero-order valence-corrected chi connectivity index (χ0v) is 24.7. The predicted molar refractivity (Wildman–Crippen MR) is 167 cm³/mol. The van der Waals surface area contributed by atoms with Gasteiger partial charge in [0.25, 0.3) is 5.91 Å². The fourth-order valence-electron chi connectivity index (χ4n) is 5.28. The fourth-order valence-corrected chi connectivity index (χ4v) is 5.28. The molecule has 0 atom stereocenters. The van der Waals surface area contributed by atoms with Crippen LogP contribution in [0.15, 0.2) is 85.1 Å². The lowest BCUT2D eigenvalue weighted by Crippen LogP contribution is -2.47. The first-order valence-electron chi connectivity index (χ1n) is 14.5. The number of benzene rings is 3. The number of nitrogens with zero attached hydrogens (tertiary/aromatic N) is 5. The Bertz CT molecular complexity index is 1790. The molecule has 1 N–H and O–H groups in total. The minimum atomic E-state index is -0.311. The summed E-state index contributed by atoms with van der Waals surface area (Å²) in [6.07, 6.45) is 2.48. The van der Waals surface area contributed by atoms with Crippen LogP contribution in [0.25, 0.3) is 16.8 Å². The number of ether oxygens (including phenoxy) is 1. The van der Waals surface area contributed by atoms with Crippen molar-refractivity contribution in [2.45, 2.75) is 12.8 Å². The van der Waals surface area contributed by atoms with Gasteiger partial charge in [-0.15, -0.1) is 5.10 Å². The number of carbonyl (C=O) groups excluding carboxylic acids is 2. The highest BCUT2D eigenvalue weighted by Crippen LogP contribution is 2.29. The van der Waals surface area contributed by atoms with Gasteiger partial charge in [0.15, 0.2) is 5.65 Å². The van der Waals surface area contributed by atoms with Gasteiger partial charge in [-0.2, -0.15) is 4.98 Å². The number of Topliss-reactive ketones (excluding diaryl/α,β-unsaturated/α-hetero) is 1. The van der Waals surface area contributed by atoms with E-state index >= 15 is 0 Å². The number of hydrogen-bond donors (Lipinski definition) is 1. The molecule has 2 aromatic heterocycles. The second-order valence-electron chi connectivity index (χ2n) is 11.0. The van der Waals surface area contributed by atoms with Gasteiger partial charge >= 0.3 is 0 Å². The molecule has 0 bridgehead atoms. The molecule has 6 rings (SSSR count). The van der Waals surface area contributed by atoms with Crippen LogP contribution in [0.4, 0.5) is 16.0 Å². The topological polar surface area (TPSA) is 92.1 Å². The van der Waals surface area contributed by atoms with Gasteiger partial charge in [-0.1, -0.05) is 36.4 Å². The van der Waals surface area contributed by atoms with Crippen LogP contribution in [0.5, 0.6) is 5.75 Å². The van der Waals surface area contributed by atoms with Gasteiger partial charge in [-0.3, -0.25) is 9.59 Å². The highest BCUT2D eigenvalue weighted by atomic mass is 19.1. The van der Waals surface area contributed by atoms with E-state index in [-0.39, 0.29) is 23.9 Å². The summed E-state index contributed by atoms with van der Waals surface area (Å²) in [6.45, 7) is 3.12. The van der Waals surface area contributed by atoms with Crippen molar-refractivity contribution >= 4 is 29.0 Å². The van der Waals surface area contributed by atoms with Gasteiger partial charge < -0.3 is 19.9 Å². The Hall–Kier alpha value is -5.09. The number of hydrogen-bond acceptors (Lipinski definition) is 7. The highest BCUT2D eigenvalue weighted by molar-refractivity contribution is 5.95. The Kier molecular flexibility index (Phi) is 8.33. The quantitative estimate of drug-likeness (QED) is 0.257. The number of aromatic nitrogens is 3. The third kappa shape index (κ3) is 6.60. The standard InChI is InChI=1S/C34H33FN6O3/c1-39-15-17-40(18-16-39)33(43)26-9-13-30(31(21-26)44-2)36-34-37-32-14-10-27(22-41(32)38-34)25-7-3-23(4-8-25)19-29(42)20-24-5-11-28(35)12-6-24/h3-14,21-22H,15-20H2,1-2H3,(H,36,38). The minimum Gasteiger partial charge on any atom is -0.495 e. The molecular formula is C34H33FN6O3. The molecule has 224 valence electrons. The van der Waals surface area contributed by atoms with Gasteiger partial charge in [0.2, 0.25) is 5.95 Å². The van der Waals surface area contributed by atoms with Gasteiger partial charge in [0.1, 0.15) is 17.3 Å². The van der Waals surface area contributed by atoms with Crippen LogP contribution in [0.3, 0.4) is 0 Å². The number of ketones is 1. The summed E-state index contributed by atoms with van der Waals surface area (Å²) in [5.74, 6) is 0.677. The number of carbonyl (C=O) groups is 2. The van der Waals surface area contributed by atoms with Crippen molar-refractivity contribution in [3.05, 3.63) is 108 Å². The maximum atomic E-state index is 13.1. The third-order valence-electron chi connectivity index (χ3n) is 7.82. The highest BCUT2D eigenvalue weighted by Gasteiger charge is 2.21. The molecule has 1 saturated heterocycles. The second-order valence-corrected chi connectivity index (χ2v) is 11.0. The van der Waals surface area contributed by atoms with Gasteiger partial charge in [-0.05, 0) is 66.2 Å². The third-order valence-corrected chi connectivity index (χ3v) is 7.82. The van der Waals surface area contributed by atoms with Gasteiger partial charge in [0, 0.05) is 56.3 Å². The Morgan fingerprint density at radius 1 is 0.864 bits per heavy atom. The number of fused-ring (bicyclic) bond motifs is 1. The van der Waals surface area contributed by atoms with Crippen molar-refractivity contribution in [1.29, 1.82) is 0 Å². The molecule has 10 heteroatoms. The predicted octanol–water partition coefficient (Wildman–Crippen LogP) is 5.03. The Balaban J connectivity index is 1.12. The molecule has 0 radical (unpaired) electrons. The Morgan fingerprint density at radius 2 is 1.52 bits per heavy atom. The van der Waals surface area contributed by atoms with E-state index in [0.29, 0.717) is 48.1 Å². The SMILES string of the molecule is COc1cc(C(=O)N2CCN(C)CC2)ccc1Nc1nc2ccc(-c3ccc(CC(=O)Cc4ccc(F)cc4)cc3)cn2n1. The first-order valence-corrected chi connectivity index (χ1v) is 14.5. The van der Waals surface area contributed by atoms with E-state index < -0.39 is 0 Å². The average molecular weight is 593 g/mol. The summed E-state index contributed by atoms with van der Waals surface area (Å²) >= 11 is 0. The normalized spacial score (nSPS) is 13.7. The minimum absolute atomic E-state index is 0.00837. The number of amides is 1. The van der Waals surface area contributed by atoms with E-state index in [1.165, 1.54) is 12.1 Å². The molecule has 0 aliphatic carbocycles. The molecule has 1 aliphatic heterocycles. The number of rotatable bonds is 9. The van der Waals surface area contributed by atoms with Crippen molar-refractivity contribution in [3.8, 4) is 16.9 Å². The lowest BCUT2D eigenvalue weighted by Gasteiger charge is -2.32. The summed E-state index contributed by atoms with van der Waals surface area (Å²) in [5.41, 5.74) is 5.54. The molecule has 44 heavy (non-hydrogen) atoms. The number of anilines is 2. The van der Waals surface area contributed by atoms with Crippen LogP contribution in [-0.4, -0.2) is 76.4 Å². The lowest BCUT2D eigenvalue weighted by molar-refractivity contribution is -0.117. The van der Waals surface area contributed by atoms with Crippen molar-refractivity contribution in [3.63, 3.8) is 0 Å². The van der Waals surface area contributed by atoms with Crippen LogP contribution < -0.4 is 10.1 Å². The van der Waals surface area contributed by atoms with Crippen molar-refractivity contribution in [2.75, 3.05) is 45.7 Å². The van der Waals surface area contributed by atoms with Crippen LogP contribution in [0, 0.1) is 5.82 Å². The first kappa shape index (κ1) is 29.0. The zero-order chi connectivity index (χ0) is 30.6.